The molecule has 0 radical (unpaired) electrons. The van der Waals surface area contributed by atoms with Gasteiger partial charge in [-0.2, -0.15) is 0 Å². The number of para-hydroxylation sites is 1. The number of rotatable bonds is 6. The van der Waals surface area contributed by atoms with Crippen LogP contribution in [0.25, 0.3) is 0 Å². The summed E-state index contributed by atoms with van der Waals surface area (Å²) in [5.74, 6) is 0.312. The highest BCUT2D eigenvalue weighted by molar-refractivity contribution is 7.14. The van der Waals surface area contributed by atoms with Gasteiger partial charge in [0.25, 0.3) is 5.91 Å². The number of piperidine rings is 1. The molecule has 1 saturated heterocycles. The van der Waals surface area contributed by atoms with Crippen LogP contribution >= 0.6 is 11.3 Å². The Morgan fingerprint density at radius 2 is 1.94 bits per heavy atom. The number of nitrogens with one attached hydrogen (secondary N) is 2. The Kier molecular flexibility index (Phi) is 6.47. The van der Waals surface area contributed by atoms with Gasteiger partial charge in [0.1, 0.15) is 11.4 Å². The van der Waals surface area contributed by atoms with Gasteiger partial charge in [0, 0.05) is 35.9 Å². The molecule has 1 aromatic heterocycles. The first-order valence-corrected chi connectivity index (χ1v) is 11.0. The molecule has 0 saturated carbocycles. The van der Waals surface area contributed by atoms with Gasteiger partial charge in [-0.25, -0.2) is 4.98 Å². The molecule has 2 aromatic carbocycles. The second-order valence-corrected chi connectivity index (χ2v) is 8.20. The molecule has 2 N–H and O–H groups in total. The third-order valence-corrected chi connectivity index (χ3v) is 5.92. The van der Waals surface area contributed by atoms with E-state index in [2.05, 4.69) is 15.6 Å². The lowest BCUT2D eigenvalue weighted by Crippen LogP contribution is -2.43. The number of hydrogen-bond acceptors (Lipinski definition) is 6. The Balaban J connectivity index is 1.38. The Labute approximate surface area is 185 Å². The van der Waals surface area contributed by atoms with E-state index >= 15 is 0 Å². The molecular formula is C23H24N4O3S. The topological polar surface area (TPSA) is 83.6 Å². The summed E-state index contributed by atoms with van der Waals surface area (Å²) in [7, 11) is 1.62. The molecule has 3 aromatic rings. The molecule has 1 atom stereocenters. The molecule has 8 heteroatoms. The summed E-state index contributed by atoms with van der Waals surface area (Å²) in [5, 5.41) is 8.52. The number of hydrogen-bond donors (Lipinski definition) is 2. The maximum absolute atomic E-state index is 13.0. The predicted molar refractivity (Wildman–Crippen MR) is 122 cm³/mol. The van der Waals surface area contributed by atoms with Gasteiger partial charge < -0.3 is 20.3 Å². The third-order valence-electron chi connectivity index (χ3n) is 5.17. The number of methoxy groups -OCH3 is 1. The van der Waals surface area contributed by atoms with Gasteiger partial charge in [-0.1, -0.05) is 24.3 Å². The van der Waals surface area contributed by atoms with Crippen LogP contribution in [0.3, 0.4) is 0 Å². The van der Waals surface area contributed by atoms with Crippen molar-refractivity contribution in [1.82, 2.24) is 9.88 Å². The molecule has 160 valence electrons. The van der Waals surface area contributed by atoms with Crippen molar-refractivity contribution in [3.05, 3.63) is 65.7 Å². The van der Waals surface area contributed by atoms with Crippen LogP contribution in [0.4, 0.5) is 16.5 Å². The van der Waals surface area contributed by atoms with Crippen LogP contribution in [0.1, 0.15) is 23.3 Å². The molecule has 1 aliphatic heterocycles. The average molecular weight is 437 g/mol. The molecule has 0 aliphatic carbocycles. The fourth-order valence-corrected chi connectivity index (χ4v) is 4.26. The number of ether oxygens (including phenoxy) is 1. The molecule has 31 heavy (non-hydrogen) atoms. The van der Waals surface area contributed by atoms with Crippen molar-refractivity contribution >= 4 is 39.7 Å². The van der Waals surface area contributed by atoms with E-state index < -0.39 is 0 Å². The summed E-state index contributed by atoms with van der Waals surface area (Å²) in [6.45, 7) is 1.03. The molecular weight excluding hydrogens is 412 g/mol. The number of nitrogens with zero attached hydrogens (tertiary/aromatic N) is 2. The monoisotopic (exact) mass is 436 g/mol. The standard InChI is InChI=1S/C23H24N4O3S/c1-30-19-11-5-10-18(13-19)25-23-26-20(15-31-23)22(29)27-12-6-7-16(14-27)21(28)24-17-8-3-2-4-9-17/h2-5,8-11,13,15-16H,6-7,12,14H2,1H3,(H,24,28)(H,25,26). The van der Waals surface area contributed by atoms with Crippen molar-refractivity contribution < 1.29 is 14.3 Å². The second kappa shape index (κ2) is 9.61. The highest BCUT2D eigenvalue weighted by atomic mass is 32.1. The summed E-state index contributed by atoms with van der Waals surface area (Å²) in [4.78, 5) is 31.8. The van der Waals surface area contributed by atoms with Crippen LogP contribution in [-0.2, 0) is 4.79 Å². The molecule has 1 aliphatic rings. The first kappa shape index (κ1) is 20.9. The Morgan fingerprint density at radius 1 is 1.13 bits per heavy atom. The van der Waals surface area contributed by atoms with Crippen LogP contribution in [0.5, 0.6) is 5.75 Å². The zero-order valence-electron chi connectivity index (χ0n) is 17.2. The van der Waals surface area contributed by atoms with E-state index in [4.69, 9.17) is 4.74 Å². The molecule has 1 fully saturated rings. The van der Waals surface area contributed by atoms with E-state index in [1.165, 1.54) is 11.3 Å². The maximum Gasteiger partial charge on any atom is 0.273 e. The van der Waals surface area contributed by atoms with E-state index in [0.29, 0.717) is 23.9 Å². The van der Waals surface area contributed by atoms with E-state index in [-0.39, 0.29) is 17.7 Å². The lowest BCUT2D eigenvalue weighted by molar-refractivity contribution is -0.121. The molecule has 4 rings (SSSR count). The number of thiazole rings is 1. The van der Waals surface area contributed by atoms with Crippen LogP contribution in [0, 0.1) is 5.92 Å². The van der Waals surface area contributed by atoms with E-state index in [1.54, 1.807) is 17.4 Å². The van der Waals surface area contributed by atoms with Gasteiger partial charge in [-0.15, -0.1) is 11.3 Å². The number of likely N-dealkylation sites (tertiary alicyclic amines) is 1. The lowest BCUT2D eigenvalue weighted by Gasteiger charge is -2.31. The first-order valence-electron chi connectivity index (χ1n) is 10.1. The quantitative estimate of drug-likeness (QED) is 0.599. The number of anilines is 3. The fourth-order valence-electron chi connectivity index (χ4n) is 3.56. The van der Waals surface area contributed by atoms with Crippen molar-refractivity contribution in [2.24, 2.45) is 5.92 Å². The smallest absolute Gasteiger partial charge is 0.273 e. The van der Waals surface area contributed by atoms with Gasteiger partial charge in [0.15, 0.2) is 5.13 Å². The lowest BCUT2D eigenvalue weighted by atomic mass is 9.96. The van der Waals surface area contributed by atoms with Crippen molar-refractivity contribution in [3.63, 3.8) is 0 Å². The van der Waals surface area contributed by atoms with Gasteiger partial charge in [0.05, 0.1) is 13.0 Å². The Hall–Kier alpha value is -3.39. The molecule has 2 amide bonds. The van der Waals surface area contributed by atoms with Gasteiger partial charge >= 0.3 is 0 Å². The number of amides is 2. The molecule has 0 bridgehead atoms. The minimum atomic E-state index is -0.231. The van der Waals surface area contributed by atoms with Gasteiger partial charge in [0.2, 0.25) is 5.91 Å². The van der Waals surface area contributed by atoms with Crippen LogP contribution in [0.15, 0.2) is 60.0 Å². The van der Waals surface area contributed by atoms with Crippen molar-refractivity contribution in [2.45, 2.75) is 12.8 Å². The van der Waals surface area contributed by atoms with Gasteiger partial charge in [-0.05, 0) is 37.1 Å². The number of carbonyl (C=O) groups excluding carboxylic acids is 2. The summed E-state index contributed by atoms with van der Waals surface area (Å²) in [5.41, 5.74) is 1.99. The summed E-state index contributed by atoms with van der Waals surface area (Å²) < 4.78 is 5.23. The van der Waals surface area contributed by atoms with Crippen LogP contribution < -0.4 is 15.4 Å². The highest BCUT2D eigenvalue weighted by Crippen LogP contribution is 2.26. The number of benzene rings is 2. The zero-order valence-corrected chi connectivity index (χ0v) is 18.0. The summed E-state index contributed by atoms with van der Waals surface area (Å²) in [6, 6.07) is 16.9. The molecule has 0 spiro atoms. The average Bonchev–Trinajstić information content (AvgIpc) is 3.28. The van der Waals surface area contributed by atoms with Gasteiger partial charge in [-0.3, -0.25) is 9.59 Å². The molecule has 2 heterocycles. The predicted octanol–water partition coefficient (Wildman–Crippen LogP) is 4.39. The Bertz CT molecular complexity index is 1050. The minimum absolute atomic E-state index is 0.0534. The van der Waals surface area contributed by atoms with Crippen LogP contribution in [-0.4, -0.2) is 41.9 Å². The second-order valence-electron chi connectivity index (χ2n) is 7.34. The first-order chi connectivity index (χ1) is 15.1. The molecule has 7 nitrogen and oxygen atoms in total. The summed E-state index contributed by atoms with van der Waals surface area (Å²) >= 11 is 1.37. The molecule has 1 unspecified atom stereocenters. The van der Waals surface area contributed by atoms with Crippen molar-refractivity contribution in [2.75, 3.05) is 30.8 Å². The van der Waals surface area contributed by atoms with Crippen LogP contribution in [0.2, 0.25) is 0 Å². The van der Waals surface area contributed by atoms with Crippen molar-refractivity contribution in [3.8, 4) is 5.75 Å². The minimum Gasteiger partial charge on any atom is -0.497 e. The third kappa shape index (κ3) is 5.21. The zero-order chi connectivity index (χ0) is 21.6. The SMILES string of the molecule is COc1cccc(Nc2nc(C(=O)N3CCCC(C(=O)Nc4ccccc4)C3)cs2)c1. The maximum atomic E-state index is 13.0. The Morgan fingerprint density at radius 3 is 2.74 bits per heavy atom. The van der Waals surface area contributed by atoms with E-state index in [9.17, 15) is 9.59 Å². The normalized spacial score (nSPS) is 15.9. The largest absolute Gasteiger partial charge is 0.497 e. The highest BCUT2D eigenvalue weighted by Gasteiger charge is 2.30. The number of aromatic nitrogens is 1. The number of carbonyl (C=O) groups is 2. The van der Waals surface area contributed by atoms with Crippen molar-refractivity contribution in [1.29, 1.82) is 0 Å². The fraction of sp³-hybridized carbons (Fsp3) is 0.261. The van der Waals surface area contributed by atoms with E-state index in [0.717, 1.165) is 30.0 Å². The van der Waals surface area contributed by atoms with E-state index in [1.807, 2.05) is 54.6 Å². The summed E-state index contributed by atoms with van der Waals surface area (Å²) in [6.07, 6.45) is 1.56.